The van der Waals surface area contributed by atoms with Gasteiger partial charge in [-0.25, -0.2) is 0 Å². The highest BCUT2D eigenvalue weighted by Crippen LogP contribution is 2.57. The molecule has 4 nitrogen and oxygen atoms in total. The number of hydrogen-bond donors (Lipinski definition) is 1. The zero-order chi connectivity index (χ0) is 20.7. The lowest BCUT2D eigenvalue weighted by Crippen LogP contribution is -2.49. The highest BCUT2D eigenvalue weighted by molar-refractivity contribution is 5.79. The molecule has 1 saturated heterocycles. The number of ether oxygens (including phenoxy) is 2. The fourth-order valence-corrected chi connectivity index (χ4v) is 6.31. The minimum absolute atomic E-state index is 0.0252. The summed E-state index contributed by atoms with van der Waals surface area (Å²) < 4.78 is 12.3. The van der Waals surface area contributed by atoms with E-state index in [0.29, 0.717) is 31.0 Å². The van der Waals surface area contributed by atoms with E-state index in [1.807, 2.05) is 18.2 Å². The summed E-state index contributed by atoms with van der Waals surface area (Å²) in [5.74, 6) is 2.39. The molecule has 0 spiro atoms. The average Bonchev–Trinajstić information content (AvgIpc) is 3.15. The number of fused-ring (bicyclic) bond motifs is 5. The molecule has 5 rings (SSSR count). The summed E-state index contributed by atoms with van der Waals surface area (Å²) in [6.45, 7) is 3.38. The summed E-state index contributed by atoms with van der Waals surface area (Å²) in [5.41, 5.74) is 3.90. The van der Waals surface area contributed by atoms with Crippen molar-refractivity contribution in [3.05, 3.63) is 65.2 Å². The number of nitrogens with one attached hydrogen (secondary N) is 1. The van der Waals surface area contributed by atoms with Crippen molar-refractivity contribution in [1.29, 1.82) is 0 Å². The topological polar surface area (TPSA) is 47.6 Å². The molecule has 30 heavy (non-hydrogen) atoms. The van der Waals surface area contributed by atoms with E-state index in [9.17, 15) is 4.79 Å². The summed E-state index contributed by atoms with van der Waals surface area (Å²) >= 11 is 0. The first-order valence-corrected chi connectivity index (χ1v) is 11.2. The van der Waals surface area contributed by atoms with Gasteiger partial charge in [0.05, 0.1) is 18.1 Å². The van der Waals surface area contributed by atoms with Gasteiger partial charge in [0.1, 0.15) is 12.4 Å². The van der Waals surface area contributed by atoms with E-state index in [4.69, 9.17) is 9.47 Å². The van der Waals surface area contributed by atoms with Crippen molar-refractivity contribution in [3.8, 4) is 5.75 Å². The molecule has 2 fully saturated rings. The molecule has 2 aromatic carbocycles. The van der Waals surface area contributed by atoms with Crippen LogP contribution in [-0.2, 0) is 22.6 Å². The number of hydrogen-bond acceptors (Lipinski definition) is 3. The third-order valence-corrected chi connectivity index (χ3v) is 7.75. The van der Waals surface area contributed by atoms with Crippen LogP contribution in [0.3, 0.4) is 0 Å². The Morgan fingerprint density at radius 1 is 1.20 bits per heavy atom. The molecule has 1 aliphatic heterocycles. The van der Waals surface area contributed by atoms with Crippen molar-refractivity contribution in [3.63, 3.8) is 0 Å². The third kappa shape index (κ3) is 3.31. The van der Waals surface area contributed by atoms with Crippen LogP contribution in [0.4, 0.5) is 0 Å². The number of amides is 1. The van der Waals surface area contributed by atoms with Gasteiger partial charge in [-0.15, -0.1) is 0 Å². The highest BCUT2D eigenvalue weighted by atomic mass is 16.5. The summed E-state index contributed by atoms with van der Waals surface area (Å²) in [6.07, 6.45) is 4.33. The standard InChI is InChI=1S/C26H31NO3/c1-26-13-12-21-20-11-9-19(29-15-17-6-4-3-5-7-17)14-18(20)8-10-22(21)24(26)23(16-30-26)25(28)27-2/h3-7,9,11,14,21-24H,8,10,12-13,15-16H2,1-2H3,(H,27,28)/t21-,22-,23+,24-,26+/m1/s1. The molecule has 0 bridgehead atoms. The zero-order valence-electron chi connectivity index (χ0n) is 17.9. The lowest BCUT2D eigenvalue weighted by atomic mass is 9.56. The van der Waals surface area contributed by atoms with E-state index in [0.717, 1.165) is 31.4 Å². The minimum atomic E-state index is -0.158. The normalized spacial score (nSPS) is 31.9. The second-order valence-electron chi connectivity index (χ2n) is 9.35. The van der Waals surface area contributed by atoms with Gasteiger partial charge in [0.2, 0.25) is 5.91 Å². The SMILES string of the molecule is CNC(=O)[C@H]1CO[C@@]2(C)CC[C@@H]3c4ccc(OCc5ccccc5)cc4CC[C@H]3[C@H]12. The van der Waals surface area contributed by atoms with Gasteiger partial charge < -0.3 is 14.8 Å². The molecule has 1 saturated carbocycles. The van der Waals surface area contributed by atoms with Crippen LogP contribution < -0.4 is 10.1 Å². The van der Waals surface area contributed by atoms with E-state index in [2.05, 4.69) is 42.6 Å². The lowest BCUT2D eigenvalue weighted by molar-refractivity contribution is -0.127. The first-order valence-electron chi connectivity index (χ1n) is 11.2. The third-order valence-electron chi connectivity index (χ3n) is 7.75. The predicted molar refractivity (Wildman–Crippen MR) is 116 cm³/mol. The molecule has 2 aliphatic carbocycles. The van der Waals surface area contributed by atoms with Gasteiger partial charge in [-0.2, -0.15) is 0 Å². The van der Waals surface area contributed by atoms with Crippen LogP contribution in [-0.4, -0.2) is 25.2 Å². The second-order valence-corrected chi connectivity index (χ2v) is 9.35. The number of benzene rings is 2. The van der Waals surface area contributed by atoms with Crippen molar-refractivity contribution < 1.29 is 14.3 Å². The molecule has 1 heterocycles. The Kier molecular flexibility index (Phi) is 5.06. The van der Waals surface area contributed by atoms with Gasteiger partial charge in [-0.1, -0.05) is 36.4 Å². The highest BCUT2D eigenvalue weighted by Gasteiger charge is 2.57. The Hall–Kier alpha value is -2.33. The smallest absolute Gasteiger partial charge is 0.225 e. The van der Waals surface area contributed by atoms with E-state index < -0.39 is 0 Å². The first-order chi connectivity index (χ1) is 14.6. The summed E-state index contributed by atoms with van der Waals surface area (Å²) in [7, 11) is 1.74. The summed E-state index contributed by atoms with van der Waals surface area (Å²) in [4.78, 5) is 12.6. The van der Waals surface area contributed by atoms with E-state index >= 15 is 0 Å². The van der Waals surface area contributed by atoms with Crippen molar-refractivity contribution in [1.82, 2.24) is 5.32 Å². The molecule has 158 valence electrons. The average molecular weight is 406 g/mol. The van der Waals surface area contributed by atoms with E-state index in [-0.39, 0.29) is 17.4 Å². The fraction of sp³-hybridized carbons (Fsp3) is 0.500. The van der Waals surface area contributed by atoms with Crippen molar-refractivity contribution >= 4 is 5.91 Å². The summed E-state index contributed by atoms with van der Waals surface area (Å²) in [5, 5.41) is 2.87. The van der Waals surface area contributed by atoms with Gasteiger partial charge in [-0.3, -0.25) is 4.79 Å². The van der Waals surface area contributed by atoms with Gasteiger partial charge in [0.15, 0.2) is 0 Å². The largest absolute Gasteiger partial charge is 0.489 e. The molecular formula is C26H31NO3. The number of carbonyl (C=O) groups is 1. The quantitative estimate of drug-likeness (QED) is 0.816. The predicted octanol–water partition coefficient (Wildman–Crippen LogP) is 4.47. The van der Waals surface area contributed by atoms with Crippen LogP contribution in [0.15, 0.2) is 48.5 Å². The number of aryl methyl sites for hydroxylation is 1. The second kappa shape index (κ2) is 7.73. The lowest BCUT2D eigenvalue weighted by Gasteiger charge is -2.49. The van der Waals surface area contributed by atoms with Crippen LogP contribution in [0.5, 0.6) is 5.75 Å². The molecule has 1 N–H and O–H groups in total. The molecule has 3 aliphatic rings. The summed E-state index contributed by atoms with van der Waals surface area (Å²) in [6, 6.07) is 16.9. The Balaban J connectivity index is 1.36. The molecule has 1 amide bonds. The van der Waals surface area contributed by atoms with Gasteiger partial charge in [-0.05, 0) is 73.3 Å². The first kappa shape index (κ1) is 19.6. The molecular weight excluding hydrogens is 374 g/mol. The number of rotatable bonds is 4. The van der Waals surface area contributed by atoms with Gasteiger partial charge >= 0.3 is 0 Å². The Bertz CT molecular complexity index is 927. The maximum atomic E-state index is 12.6. The Morgan fingerprint density at radius 2 is 2.03 bits per heavy atom. The maximum Gasteiger partial charge on any atom is 0.225 e. The Labute approximate surface area is 179 Å². The molecule has 0 aromatic heterocycles. The van der Waals surface area contributed by atoms with Crippen LogP contribution in [0.2, 0.25) is 0 Å². The molecule has 0 unspecified atom stereocenters. The Morgan fingerprint density at radius 3 is 2.83 bits per heavy atom. The van der Waals surface area contributed by atoms with Crippen LogP contribution in [0.25, 0.3) is 0 Å². The van der Waals surface area contributed by atoms with Crippen LogP contribution in [0.1, 0.15) is 48.8 Å². The monoisotopic (exact) mass is 405 g/mol. The van der Waals surface area contributed by atoms with Crippen molar-refractivity contribution in [2.45, 2.75) is 50.7 Å². The molecule has 0 radical (unpaired) electrons. The van der Waals surface area contributed by atoms with Crippen molar-refractivity contribution in [2.75, 3.05) is 13.7 Å². The zero-order valence-corrected chi connectivity index (χ0v) is 17.9. The van der Waals surface area contributed by atoms with E-state index in [1.165, 1.54) is 16.7 Å². The molecule has 2 aromatic rings. The molecule has 4 heteroatoms. The van der Waals surface area contributed by atoms with Crippen LogP contribution in [0, 0.1) is 17.8 Å². The van der Waals surface area contributed by atoms with Gasteiger partial charge in [0, 0.05) is 13.0 Å². The van der Waals surface area contributed by atoms with E-state index in [1.54, 1.807) is 7.05 Å². The molecule has 5 atom stereocenters. The fourth-order valence-electron chi connectivity index (χ4n) is 6.31. The minimum Gasteiger partial charge on any atom is -0.489 e. The number of carbonyl (C=O) groups excluding carboxylic acids is 1. The maximum absolute atomic E-state index is 12.6. The van der Waals surface area contributed by atoms with Crippen LogP contribution >= 0.6 is 0 Å². The van der Waals surface area contributed by atoms with Crippen molar-refractivity contribution in [2.24, 2.45) is 17.8 Å². The van der Waals surface area contributed by atoms with Gasteiger partial charge in [0.25, 0.3) is 0 Å².